The van der Waals surface area contributed by atoms with Gasteiger partial charge in [0.2, 0.25) is 9.84 Å². The third-order valence-corrected chi connectivity index (χ3v) is 6.54. The minimum absolute atomic E-state index is 0.109. The summed E-state index contributed by atoms with van der Waals surface area (Å²) < 4.78 is 29.7. The van der Waals surface area contributed by atoms with Crippen molar-refractivity contribution in [2.24, 2.45) is 15.7 Å². The van der Waals surface area contributed by atoms with Crippen molar-refractivity contribution >= 4 is 26.8 Å². The van der Waals surface area contributed by atoms with Crippen LogP contribution in [0.5, 0.6) is 0 Å². The molecule has 0 aliphatic carbocycles. The number of hydrogen-bond donors (Lipinski definition) is 1. The molecular weight excluding hydrogens is 512 g/mol. The monoisotopic (exact) mass is 552 g/mol. The zero-order valence-electron chi connectivity index (χ0n) is 22.9. The Hall–Kier alpha value is -3.32. The molecule has 0 aromatic carbocycles. The predicted octanol–water partition coefficient (Wildman–Crippen LogP) is 2.64. The summed E-state index contributed by atoms with van der Waals surface area (Å²) in [5.74, 6) is -1.07. The number of nitrogens with two attached hydrogens (primary N) is 1. The summed E-state index contributed by atoms with van der Waals surface area (Å²) >= 11 is 0. The molecule has 1 fully saturated rings. The Labute approximate surface area is 225 Å². The van der Waals surface area contributed by atoms with Crippen LogP contribution in [0.1, 0.15) is 47.0 Å². The van der Waals surface area contributed by atoms with Crippen LogP contribution in [0.25, 0.3) is 0 Å². The number of carbonyl (C=O) groups excluding carboxylic acids is 1. The van der Waals surface area contributed by atoms with Gasteiger partial charge in [0, 0.05) is 19.3 Å². The highest BCUT2D eigenvalue weighted by Crippen LogP contribution is 2.14. The maximum atomic E-state index is 12.6. The van der Waals surface area contributed by atoms with Gasteiger partial charge in [0.25, 0.3) is 11.4 Å². The van der Waals surface area contributed by atoms with Crippen molar-refractivity contribution in [1.82, 2.24) is 9.80 Å². The predicted molar refractivity (Wildman–Crippen MR) is 150 cm³/mol. The van der Waals surface area contributed by atoms with Gasteiger partial charge in [0.1, 0.15) is 11.9 Å². The largest absolute Gasteiger partial charge is 0.464 e. The van der Waals surface area contributed by atoms with Crippen molar-refractivity contribution in [3.63, 3.8) is 0 Å². The SMILES string of the molecule is C=C(/C=C\C(=C/C)CN1CCCCC1)CN(/C(C)=N/C(=N\C(N)=C\[N+](=O)[O-])S(C)(=O)=O)C(C)C(=O)OCC. The standard InChI is InChI=1S/C25H40N6O6S/c1-7-22(17-29-14-10-9-11-15-29)13-12-19(3)16-30(20(4)24(32)37-8-2)21(5)27-25(38(6,35)36)28-23(26)18-31(33)34/h7,12-13,18,20H,3,8-11,14-17,26H2,1-2,4-6H3/b13-12-,22-7+,23-18+,27-21+,28-25+. The van der Waals surface area contributed by atoms with E-state index in [2.05, 4.69) is 21.5 Å². The normalized spacial score (nSPS) is 17.4. The Morgan fingerprint density at radius 2 is 1.89 bits per heavy atom. The molecule has 0 amide bonds. The highest BCUT2D eigenvalue weighted by atomic mass is 32.2. The molecule has 1 aliphatic heterocycles. The van der Waals surface area contributed by atoms with E-state index in [1.165, 1.54) is 31.1 Å². The number of carbonyl (C=O) groups is 1. The average molecular weight is 553 g/mol. The van der Waals surface area contributed by atoms with Crippen LogP contribution in [0.2, 0.25) is 0 Å². The highest BCUT2D eigenvalue weighted by molar-refractivity contribution is 8.05. The molecule has 212 valence electrons. The highest BCUT2D eigenvalue weighted by Gasteiger charge is 2.25. The topological polar surface area (TPSA) is 161 Å². The zero-order chi connectivity index (χ0) is 28.9. The van der Waals surface area contributed by atoms with Crippen molar-refractivity contribution < 1.29 is 22.9 Å². The van der Waals surface area contributed by atoms with Gasteiger partial charge in [-0.3, -0.25) is 15.0 Å². The van der Waals surface area contributed by atoms with Gasteiger partial charge in [-0.05, 0) is 64.8 Å². The molecule has 38 heavy (non-hydrogen) atoms. The van der Waals surface area contributed by atoms with Crippen molar-refractivity contribution in [2.45, 2.75) is 53.0 Å². The van der Waals surface area contributed by atoms with Gasteiger partial charge < -0.3 is 15.4 Å². The Kier molecular flexibility index (Phi) is 13.6. The molecule has 0 bridgehead atoms. The Morgan fingerprint density at radius 1 is 1.26 bits per heavy atom. The third kappa shape index (κ3) is 11.8. The zero-order valence-corrected chi connectivity index (χ0v) is 23.7. The molecule has 1 unspecified atom stereocenters. The molecule has 1 atom stereocenters. The van der Waals surface area contributed by atoms with Crippen LogP contribution in [0.15, 0.2) is 58.0 Å². The summed E-state index contributed by atoms with van der Waals surface area (Å²) in [5.41, 5.74) is 7.24. The van der Waals surface area contributed by atoms with Crippen LogP contribution >= 0.6 is 0 Å². The lowest BCUT2D eigenvalue weighted by Gasteiger charge is -2.29. The number of amidine groups is 2. The van der Waals surface area contributed by atoms with Crippen LogP contribution in [0.3, 0.4) is 0 Å². The summed E-state index contributed by atoms with van der Waals surface area (Å²) in [6, 6.07) is -0.842. The first-order valence-electron chi connectivity index (χ1n) is 12.4. The van der Waals surface area contributed by atoms with Gasteiger partial charge in [-0.25, -0.2) is 18.2 Å². The fourth-order valence-corrected chi connectivity index (χ4v) is 4.24. The summed E-state index contributed by atoms with van der Waals surface area (Å²) in [6.45, 7) is 14.1. The molecule has 1 aliphatic rings. The lowest BCUT2D eigenvalue weighted by Crippen LogP contribution is -2.44. The number of nitro groups is 1. The maximum Gasteiger partial charge on any atom is 0.328 e. The molecule has 12 nitrogen and oxygen atoms in total. The van der Waals surface area contributed by atoms with Gasteiger partial charge in [-0.1, -0.05) is 31.2 Å². The molecule has 0 saturated carbocycles. The van der Waals surface area contributed by atoms with E-state index in [0.29, 0.717) is 11.8 Å². The number of nitrogens with zero attached hydrogens (tertiary/aromatic N) is 5. The Balaban J connectivity index is 3.27. The molecule has 1 saturated heterocycles. The summed E-state index contributed by atoms with van der Waals surface area (Å²) in [4.78, 5) is 34.0. The first-order chi connectivity index (χ1) is 17.8. The van der Waals surface area contributed by atoms with Crippen molar-refractivity contribution in [1.29, 1.82) is 0 Å². The van der Waals surface area contributed by atoms with Gasteiger partial charge in [-0.15, -0.1) is 0 Å². The number of piperidine rings is 1. The molecule has 2 N–H and O–H groups in total. The number of esters is 1. The number of sulfone groups is 1. The van der Waals surface area contributed by atoms with Crippen molar-refractivity contribution in [3.8, 4) is 0 Å². The third-order valence-electron chi connectivity index (χ3n) is 5.69. The van der Waals surface area contributed by atoms with Gasteiger partial charge in [0.05, 0.1) is 11.5 Å². The van der Waals surface area contributed by atoms with E-state index in [1.54, 1.807) is 13.8 Å². The lowest BCUT2D eigenvalue weighted by molar-refractivity contribution is -0.403. The minimum atomic E-state index is -4.02. The van der Waals surface area contributed by atoms with Gasteiger partial charge >= 0.3 is 5.97 Å². The van der Waals surface area contributed by atoms with Crippen LogP contribution < -0.4 is 5.73 Å². The lowest BCUT2D eigenvalue weighted by atomic mass is 10.1. The number of hydrogen-bond acceptors (Lipinski definition) is 9. The summed E-state index contributed by atoms with van der Waals surface area (Å²) in [6.07, 6.45) is 10.7. The molecular formula is C25H40N6O6S. The van der Waals surface area contributed by atoms with E-state index in [0.717, 1.165) is 31.5 Å². The number of rotatable bonds is 11. The molecule has 1 heterocycles. The van der Waals surface area contributed by atoms with Gasteiger partial charge in [0.15, 0.2) is 5.82 Å². The van der Waals surface area contributed by atoms with E-state index in [9.17, 15) is 23.3 Å². The quantitative estimate of drug-likeness (QED) is 0.101. The number of ether oxygens (including phenoxy) is 1. The van der Waals surface area contributed by atoms with E-state index < -0.39 is 37.8 Å². The second-order valence-corrected chi connectivity index (χ2v) is 10.8. The van der Waals surface area contributed by atoms with E-state index in [1.807, 2.05) is 25.2 Å². The minimum Gasteiger partial charge on any atom is -0.464 e. The second kappa shape index (κ2) is 15.8. The molecule has 0 spiro atoms. The van der Waals surface area contributed by atoms with Crippen molar-refractivity contribution in [3.05, 3.63) is 58.1 Å². The molecule has 0 aromatic heterocycles. The average Bonchev–Trinajstić information content (AvgIpc) is 2.83. The first-order valence-corrected chi connectivity index (χ1v) is 14.3. The van der Waals surface area contributed by atoms with Crippen LogP contribution in [-0.4, -0.2) is 85.2 Å². The second-order valence-electron chi connectivity index (χ2n) is 8.91. The number of allylic oxidation sites excluding steroid dienone is 1. The van der Waals surface area contributed by atoms with Gasteiger partial charge in [-0.2, -0.15) is 4.99 Å². The summed E-state index contributed by atoms with van der Waals surface area (Å²) in [7, 11) is -4.02. The van der Waals surface area contributed by atoms with E-state index in [4.69, 9.17) is 10.5 Å². The smallest absolute Gasteiger partial charge is 0.328 e. The fraction of sp³-hybridized carbons (Fsp3) is 0.560. The number of aliphatic imine (C=N–C) groups is 2. The molecule has 13 heteroatoms. The first kappa shape index (κ1) is 32.7. The molecule has 0 aromatic rings. The van der Waals surface area contributed by atoms with Crippen LogP contribution in [0, 0.1) is 10.1 Å². The van der Waals surface area contributed by atoms with Crippen LogP contribution in [-0.2, 0) is 19.4 Å². The van der Waals surface area contributed by atoms with E-state index in [-0.39, 0.29) is 19.0 Å². The van der Waals surface area contributed by atoms with Crippen molar-refractivity contribution in [2.75, 3.05) is 39.0 Å². The Morgan fingerprint density at radius 3 is 2.42 bits per heavy atom. The maximum absolute atomic E-state index is 12.6. The Bertz CT molecular complexity index is 1120. The van der Waals surface area contributed by atoms with E-state index >= 15 is 0 Å². The summed E-state index contributed by atoms with van der Waals surface area (Å²) in [5, 5.41) is 9.94. The van der Waals surface area contributed by atoms with Crippen LogP contribution in [0.4, 0.5) is 0 Å². The molecule has 1 rings (SSSR count). The number of likely N-dealkylation sites (tertiary alicyclic amines) is 1. The molecule has 0 radical (unpaired) electrons. The fourth-order valence-electron chi connectivity index (χ4n) is 3.67.